The van der Waals surface area contributed by atoms with Crippen molar-refractivity contribution < 1.29 is 9.52 Å². The molecule has 2 atom stereocenters. The lowest BCUT2D eigenvalue weighted by atomic mass is 10.1. The Labute approximate surface area is 103 Å². The first-order valence-corrected chi connectivity index (χ1v) is 6.46. The number of nitrogens with zero attached hydrogens (tertiary/aromatic N) is 2. The monoisotopic (exact) mass is 238 g/mol. The lowest BCUT2D eigenvalue weighted by Crippen LogP contribution is -2.36. The number of oxazole rings is 1. The van der Waals surface area contributed by atoms with Crippen LogP contribution in [0.3, 0.4) is 0 Å². The zero-order valence-corrected chi connectivity index (χ0v) is 10.9. The molecule has 1 aromatic rings. The van der Waals surface area contributed by atoms with Crippen molar-refractivity contribution in [2.24, 2.45) is 0 Å². The highest BCUT2D eigenvalue weighted by Gasteiger charge is 2.28. The van der Waals surface area contributed by atoms with Crippen molar-refractivity contribution in [1.82, 2.24) is 9.88 Å². The van der Waals surface area contributed by atoms with Crippen LogP contribution >= 0.6 is 0 Å². The molecule has 0 saturated carbocycles. The topological polar surface area (TPSA) is 49.5 Å². The number of rotatable bonds is 4. The first-order valence-electron chi connectivity index (χ1n) is 6.46. The highest BCUT2D eigenvalue weighted by Crippen LogP contribution is 2.23. The van der Waals surface area contributed by atoms with Crippen LogP contribution in [-0.4, -0.2) is 33.6 Å². The molecule has 17 heavy (non-hydrogen) atoms. The van der Waals surface area contributed by atoms with Crippen LogP contribution in [-0.2, 0) is 6.42 Å². The number of aromatic nitrogens is 1. The second-order valence-electron chi connectivity index (χ2n) is 5.17. The van der Waals surface area contributed by atoms with Crippen molar-refractivity contribution in [1.29, 1.82) is 0 Å². The molecule has 0 bridgehead atoms. The second kappa shape index (κ2) is 5.19. The Morgan fingerprint density at radius 3 is 2.88 bits per heavy atom. The number of aliphatic hydroxyl groups excluding tert-OH is 1. The summed E-state index contributed by atoms with van der Waals surface area (Å²) in [5.41, 5.74) is 0.633. The lowest BCUT2D eigenvalue weighted by molar-refractivity contribution is 0.193. The number of hydrogen-bond donors (Lipinski definition) is 1. The summed E-state index contributed by atoms with van der Waals surface area (Å²) in [6, 6.07) is 1.11. The Balaban J connectivity index is 1.99. The van der Waals surface area contributed by atoms with Gasteiger partial charge in [-0.25, -0.2) is 4.98 Å². The smallest absolute Gasteiger partial charge is 0.195 e. The molecule has 0 spiro atoms. The van der Waals surface area contributed by atoms with Gasteiger partial charge in [-0.1, -0.05) is 0 Å². The molecule has 1 saturated heterocycles. The summed E-state index contributed by atoms with van der Waals surface area (Å²) in [5, 5.41) is 9.41. The number of likely N-dealkylation sites (tertiary alicyclic amines) is 1. The Morgan fingerprint density at radius 2 is 2.29 bits per heavy atom. The second-order valence-corrected chi connectivity index (χ2v) is 5.17. The Bertz CT molecular complexity index is 360. The van der Waals surface area contributed by atoms with Gasteiger partial charge >= 0.3 is 0 Å². The van der Waals surface area contributed by atoms with Crippen molar-refractivity contribution >= 4 is 0 Å². The van der Waals surface area contributed by atoms with Gasteiger partial charge in [0.1, 0.15) is 12.0 Å². The fourth-order valence-corrected chi connectivity index (χ4v) is 2.57. The number of hydrogen-bond acceptors (Lipinski definition) is 4. The van der Waals surface area contributed by atoms with Gasteiger partial charge in [0.05, 0.1) is 6.10 Å². The van der Waals surface area contributed by atoms with Crippen LogP contribution in [0.25, 0.3) is 0 Å². The fraction of sp³-hybridized carbons (Fsp3) is 0.769. The van der Waals surface area contributed by atoms with Crippen molar-refractivity contribution in [2.45, 2.75) is 58.2 Å². The molecule has 2 heterocycles. The molecule has 1 N–H and O–H groups in total. The zero-order valence-electron chi connectivity index (χ0n) is 10.9. The molecular formula is C13H22N2O2. The van der Waals surface area contributed by atoms with E-state index < -0.39 is 6.10 Å². The van der Waals surface area contributed by atoms with Crippen LogP contribution < -0.4 is 0 Å². The molecule has 4 heteroatoms. The van der Waals surface area contributed by atoms with Crippen molar-refractivity contribution in [2.75, 3.05) is 6.54 Å². The highest BCUT2D eigenvalue weighted by atomic mass is 16.3. The predicted octanol–water partition coefficient (Wildman–Crippen LogP) is 2.14. The summed E-state index contributed by atoms with van der Waals surface area (Å²) < 4.78 is 5.42. The van der Waals surface area contributed by atoms with E-state index in [-0.39, 0.29) is 0 Å². The van der Waals surface area contributed by atoms with E-state index >= 15 is 0 Å². The van der Waals surface area contributed by atoms with Gasteiger partial charge in [-0.05, 0) is 40.2 Å². The summed E-state index contributed by atoms with van der Waals surface area (Å²) in [7, 11) is 0. The van der Waals surface area contributed by atoms with Gasteiger partial charge in [0.15, 0.2) is 5.89 Å². The lowest BCUT2D eigenvalue weighted by Gasteiger charge is -2.27. The van der Waals surface area contributed by atoms with Crippen LogP contribution in [0, 0.1) is 0 Å². The first-order chi connectivity index (χ1) is 8.08. The number of aliphatic hydroxyl groups is 1. The molecule has 1 fully saturated rings. The minimum absolute atomic E-state index is 0.537. The van der Waals surface area contributed by atoms with Gasteiger partial charge < -0.3 is 9.52 Å². The molecule has 0 amide bonds. The third-order valence-corrected chi connectivity index (χ3v) is 3.49. The van der Waals surface area contributed by atoms with Gasteiger partial charge in [-0.2, -0.15) is 0 Å². The van der Waals surface area contributed by atoms with Gasteiger partial charge in [-0.3, -0.25) is 4.90 Å². The molecular weight excluding hydrogens is 216 g/mol. The molecule has 0 radical (unpaired) electrons. The molecule has 0 aliphatic carbocycles. The predicted molar refractivity (Wildman–Crippen MR) is 65.7 cm³/mol. The maximum atomic E-state index is 9.41. The van der Waals surface area contributed by atoms with E-state index in [4.69, 9.17) is 4.42 Å². The molecule has 1 aliphatic rings. The molecule has 0 aromatic carbocycles. The van der Waals surface area contributed by atoms with E-state index in [0.29, 0.717) is 17.8 Å². The van der Waals surface area contributed by atoms with E-state index in [9.17, 15) is 5.11 Å². The van der Waals surface area contributed by atoms with Crippen LogP contribution in [0.15, 0.2) is 10.7 Å². The molecule has 2 unspecified atom stereocenters. The first kappa shape index (κ1) is 12.6. The SMILES string of the molecule is CC(O)c1coc(CC2CCCN2C(C)C)n1. The van der Waals surface area contributed by atoms with Crippen molar-refractivity contribution in [3.8, 4) is 0 Å². The average Bonchev–Trinajstić information content (AvgIpc) is 2.86. The minimum Gasteiger partial charge on any atom is -0.449 e. The van der Waals surface area contributed by atoms with Gasteiger partial charge in [0, 0.05) is 18.5 Å². The zero-order chi connectivity index (χ0) is 12.4. The summed E-state index contributed by atoms with van der Waals surface area (Å²) in [5.74, 6) is 0.749. The molecule has 96 valence electrons. The van der Waals surface area contributed by atoms with Gasteiger partial charge in [0.25, 0.3) is 0 Å². The summed E-state index contributed by atoms with van der Waals surface area (Å²) in [4.78, 5) is 6.83. The maximum absolute atomic E-state index is 9.41. The Morgan fingerprint density at radius 1 is 1.53 bits per heavy atom. The van der Waals surface area contributed by atoms with Gasteiger partial charge in [0.2, 0.25) is 0 Å². The average molecular weight is 238 g/mol. The quantitative estimate of drug-likeness (QED) is 0.873. The third-order valence-electron chi connectivity index (χ3n) is 3.49. The maximum Gasteiger partial charge on any atom is 0.195 e. The van der Waals surface area contributed by atoms with E-state index in [2.05, 4.69) is 23.7 Å². The highest BCUT2D eigenvalue weighted by molar-refractivity contribution is 5.01. The van der Waals surface area contributed by atoms with E-state index in [1.165, 1.54) is 19.4 Å². The standard InChI is InChI=1S/C13H22N2O2/c1-9(2)15-6-4-5-11(15)7-13-14-12(8-17-13)10(3)16/h8-11,16H,4-7H2,1-3H3. The van der Waals surface area contributed by atoms with Crippen molar-refractivity contribution in [3.05, 3.63) is 17.8 Å². The van der Waals surface area contributed by atoms with E-state index in [0.717, 1.165) is 12.3 Å². The fourth-order valence-electron chi connectivity index (χ4n) is 2.57. The summed E-state index contributed by atoms with van der Waals surface area (Å²) in [6.07, 6.45) is 4.34. The van der Waals surface area contributed by atoms with E-state index in [1.54, 1.807) is 13.2 Å². The largest absolute Gasteiger partial charge is 0.449 e. The van der Waals surface area contributed by atoms with Crippen LogP contribution in [0.2, 0.25) is 0 Å². The molecule has 1 aliphatic heterocycles. The van der Waals surface area contributed by atoms with Crippen LogP contribution in [0.1, 0.15) is 51.3 Å². The normalized spacial score (nSPS) is 23.5. The Hall–Kier alpha value is -0.870. The molecule has 4 nitrogen and oxygen atoms in total. The van der Waals surface area contributed by atoms with Gasteiger partial charge in [-0.15, -0.1) is 0 Å². The molecule has 1 aromatic heterocycles. The van der Waals surface area contributed by atoms with Crippen LogP contribution in [0.5, 0.6) is 0 Å². The Kier molecular flexibility index (Phi) is 3.84. The minimum atomic E-state index is -0.544. The third kappa shape index (κ3) is 2.87. The summed E-state index contributed by atoms with van der Waals surface area (Å²) >= 11 is 0. The van der Waals surface area contributed by atoms with Crippen molar-refractivity contribution in [3.63, 3.8) is 0 Å². The summed E-state index contributed by atoms with van der Waals surface area (Å²) in [6.45, 7) is 7.34. The van der Waals surface area contributed by atoms with E-state index in [1.807, 2.05) is 0 Å². The molecule has 2 rings (SSSR count). The van der Waals surface area contributed by atoms with Crippen LogP contribution in [0.4, 0.5) is 0 Å².